The van der Waals surface area contributed by atoms with Gasteiger partial charge in [0.15, 0.2) is 0 Å². The van der Waals surface area contributed by atoms with Gasteiger partial charge in [-0.15, -0.1) is 0 Å². The second kappa shape index (κ2) is 8.85. The van der Waals surface area contributed by atoms with Gasteiger partial charge in [-0.2, -0.15) is 0 Å². The molecule has 1 heterocycles. The molecule has 1 amide bonds. The predicted octanol–water partition coefficient (Wildman–Crippen LogP) is 4.52. The molecular weight excluding hydrogens is 426 g/mol. The molecule has 0 aliphatic heterocycles. The highest BCUT2D eigenvalue weighted by atomic mass is 35.5. The minimum Gasteiger partial charge on any atom is -0.507 e. The van der Waals surface area contributed by atoms with Gasteiger partial charge in [0.1, 0.15) is 33.7 Å². The molecule has 0 saturated heterocycles. The molecule has 0 bridgehead atoms. The van der Waals surface area contributed by atoms with Gasteiger partial charge in [-0.1, -0.05) is 11.6 Å². The molecule has 0 unspecified atom stereocenters. The van der Waals surface area contributed by atoms with Gasteiger partial charge in [0.25, 0.3) is 0 Å². The molecule has 2 N–H and O–H groups in total. The van der Waals surface area contributed by atoms with Crippen LogP contribution in [-0.2, 0) is 9.53 Å². The number of esters is 1. The first-order chi connectivity index (χ1) is 14.5. The number of carbonyl (C=O) groups is 2. The van der Waals surface area contributed by atoms with Crippen molar-refractivity contribution in [2.75, 3.05) is 6.54 Å². The summed E-state index contributed by atoms with van der Waals surface area (Å²) in [6.45, 7) is 5.49. The smallest absolute Gasteiger partial charge is 0.407 e. The summed E-state index contributed by atoms with van der Waals surface area (Å²) >= 11 is 5.95. The summed E-state index contributed by atoms with van der Waals surface area (Å²) in [5.41, 5.74) is -0.709. The van der Waals surface area contributed by atoms with Gasteiger partial charge in [-0.3, -0.25) is 9.59 Å². The van der Waals surface area contributed by atoms with Crippen LogP contribution in [0.3, 0.4) is 0 Å². The van der Waals surface area contributed by atoms with Gasteiger partial charge in [-0.25, -0.2) is 4.79 Å². The minimum absolute atomic E-state index is 0.0174. The van der Waals surface area contributed by atoms with E-state index in [-0.39, 0.29) is 46.4 Å². The lowest BCUT2D eigenvalue weighted by Crippen LogP contribution is -2.33. The van der Waals surface area contributed by atoms with Crippen LogP contribution in [0.15, 0.2) is 39.5 Å². The first kappa shape index (κ1) is 22.4. The van der Waals surface area contributed by atoms with Gasteiger partial charge >= 0.3 is 12.1 Å². The molecule has 2 aromatic carbocycles. The Balaban J connectivity index is 1.68. The summed E-state index contributed by atoms with van der Waals surface area (Å²) in [7, 11) is 0. The van der Waals surface area contributed by atoms with Crippen molar-refractivity contribution in [3.05, 3.63) is 45.6 Å². The fourth-order valence-corrected chi connectivity index (χ4v) is 3.05. The second-order valence-corrected chi connectivity index (χ2v) is 8.33. The zero-order chi connectivity index (χ0) is 22.8. The maximum Gasteiger partial charge on any atom is 0.407 e. The summed E-state index contributed by atoms with van der Waals surface area (Å²) in [6, 6.07) is 7.09. The van der Waals surface area contributed by atoms with E-state index in [9.17, 15) is 19.5 Å². The Kier molecular flexibility index (Phi) is 6.40. The van der Waals surface area contributed by atoms with Crippen LogP contribution in [0, 0.1) is 0 Å². The number of amides is 1. The standard InChI is InChI=1S/C22H22ClNO7/c1-22(2,3)31-21(28)24-8-4-5-18(26)29-13-10-15(25)19-17(11-13)30-16-9-12(23)6-7-14(16)20(19)27/h6-7,9-11,25H,4-5,8H2,1-3H3,(H,24,28). The molecule has 1 aromatic heterocycles. The molecule has 0 aliphatic carbocycles. The topological polar surface area (TPSA) is 115 Å². The lowest BCUT2D eigenvalue weighted by atomic mass is 10.1. The molecule has 3 rings (SSSR count). The van der Waals surface area contributed by atoms with Crippen LogP contribution in [0.1, 0.15) is 33.6 Å². The van der Waals surface area contributed by atoms with E-state index in [4.69, 9.17) is 25.5 Å². The third-order valence-electron chi connectivity index (χ3n) is 4.15. The average Bonchev–Trinajstić information content (AvgIpc) is 2.63. The molecule has 0 radical (unpaired) electrons. The van der Waals surface area contributed by atoms with Crippen LogP contribution in [0.2, 0.25) is 5.02 Å². The highest BCUT2D eigenvalue weighted by Gasteiger charge is 2.17. The number of phenolic OH excluding ortho intramolecular Hbond substituents is 1. The van der Waals surface area contributed by atoms with Crippen LogP contribution in [0.5, 0.6) is 11.5 Å². The predicted molar refractivity (Wildman–Crippen MR) is 116 cm³/mol. The van der Waals surface area contributed by atoms with Gasteiger partial charge in [0, 0.05) is 36.2 Å². The number of hydrogen-bond acceptors (Lipinski definition) is 7. The van der Waals surface area contributed by atoms with Crippen molar-refractivity contribution < 1.29 is 28.6 Å². The molecule has 0 saturated carbocycles. The van der Waals surface area contributed by atoms with Crippen LogP contribution in [-0.4, -0.2) is 29.3 Å². The van der Waals surface area contributed by atoms with E-state index in [0.29, 0.717) is 11.4 Å². The fraction of sp³-hybridized carbons (Fsp3) is 0.318. The highest BCUT2D eigenvalue weighted by molar-refractivity contribution is 6.31. The second-order valence-electron chi connectivity index (χ2n) is 7.89. The number of rotatable bonds is 5. The highest BCUT2D eigenvalue weighted by Crippen LogP contribution is 2.31. The molecule has 0 atom stereocenters. The molecule has 0 spiro atoms. The van der Waals surface area contributed by atoms with Crippen molar-refractivity contribution in [1.29, 1.82) is 0 Å². The van der Waals surface area contributed by atoms with E-state index in [1.807, 2.05) is 0 Å². The lowest BCUT2D eigenvalue weighted by Gasteiger charge is -2.19. The van der Waals surface area contributed by atoms with Crippen molar-refractivity contribution in [2.24, 2.45) is 0 Å². The Morgan fingerprint density at radius 3 is 2.61 bits per heavy atom. The lowest BCUT2D eigenvalue weighted by molar-refractivity contribution is -0.134. The summed E-state index contributed by atoms with van der Waals surface area (Å²) < 4.78 is 16.0. The summed E-state index contributed by atoms with van der Waals surface area (Å²) in [6.07, 6.45) is -0.218. The maximum absolute atomic E-state index is 12.7. The van der Waals surface area contributed by atoms with E-state index in [1.54, 1.807) is 26.8 Å². The van der Waals surface area contributed by atoms with Crippen molar-refractivity contribution in [3.63, 3.8) is 0 Å². The third kappa shape index (κ3) is 5.67. The largest absolute Gasteiger partial charge is 0.507 e. The Morgan fingerprint density at radius 2 is 1.90 bits per heavy atom. The first-order valence-corrected chi connectivity index (χ1v) is 9.98. The van der Waals surface area contributed by atoms with Crippen molar-refractivity contribution in [1.82, 2.24) is 5.32 Å². The quantitative estimate of drug-likeness (QED) is 0.256. The Bertz CT molecular complexity index is 1210. The van der Waals surface area contributed by atoms with Crippen molar-refractivity contribution in [3.8, 4) is 11.5 Å². The number of hydrogen-bond donors (Lipinski definition) is 2. The molecule has 0 fully saturated rings. The van der Waals surface area contributed by atoms with Crippen LogP contribution in [0.4, 0.5) is 4.79 Å². The number of carbonyl (C=O) groups excluding carboxylic acids is 2. The number of halogens is 1. The maximum atomic E-state index is 12.7. The normalized spacial score (nSPS) is 11.5. The van der Waals surface area contributed by atoms with E-state index in [2.05, 4.69) is 5.32 Å². The summed E-state index contributed by atoms with van der Waals surface area (Å²) in [5, 5.41) is 13.5. The van der Waals surface area contributed by atoms with Crippen LogP contribution in [0.25, 0.3) is 21.9 Å². The van der Waals surface area contributed by atoms with Gasteiger partial charge in [0.05, 0.1) is 5.39 Å². The number of nitrogens with one attached hydrogen (secondary N) is 1. The number of benzene rings is 2. The third-order valence-corrected chi connectivity index (χ3v) is 4.38. The van der Waals surface area contributed by atoms with Gasteiger partial charge in [-0.05, 0) is 39.3 Å². The van der Waals surface area contributed by atoms with Crippen molar-refractivity contribution in [2.45, 2.75) is 39.2 Å². The Hall–Kier alpha value is -3.26. The first-order valence-electron chi connectivity index (χ1n) is 9.60. The van der Waals surface area contributed by atoms with Crippen molar-refractivity contribution >= 4 is 45.6 Å². The number of ether oxygens (including phenoxy) is 2. The van der Waals surface area contributed by atoms with Crippen LogP contribution < -0.4 is 15.5 Å². The summed E-state index contributed by atoms with van der Waals surface area (Å²) in [5.74, 6) is -0.909. The van der Waals surface area contributed by atoms with E-state index < -0.39 is 23.1 Å². The Morgan fingerprint density at radius 1 is 1.16 bits per heavy atom. The monoisotopic (exact) mass is 447 g/mol. The molecule has 0 aliphatic rings. The fourth-order valence-electron chi connectivity index (χ4n) is 2.88. The number of phenols is 1. The number of fused-ring (bicyclic) bond motifs is 2. The molecule has 31 heavy (non-hydrogen) atoms. The van der Waals surface area contributed by atoms with E-state index in [1.165, 1.54) is 24.3 Å². The molecule has 3 aromatic rings. The SMILES string of the molecule is CC(C)(C)OC(=O)NCCCC(=O)Oc1cc(O)c2c(=O)c3ccc(Cl)cc3oc2c1. The van der Waals surface area contributed by atoms with E-state index in [0.717, 1.165) is 0 Å². The zero-order valence-electron chi connectivity index (χ0n) is 17.3. The molecule has 164 valence electrons. The van der Waals surface area contributed by atoms with Gasteiger partial charge < -0.3 is 24.3 Å². The molecule has 8 nitrogen and oxygen atoms in total. The molecule has 9 heteroatoms. The minimum atomic E-state index is -0.604. The summed E-state index contributed by atoms with van der Waals surface area (Å²) in [4.78, 5) is 36.3. The number of aromatic hydroxyl groups is 1. The van der Waals surface area contributed by atoms with Gasteiger partial charge in [0.2, 0.25) is 5.43 Å². The Labute approximate surface area is 182 Å². The number of alkyl carbamates (subject to hydrolysis) is 1. The molecular formula is C22H22ClNO7. The van der Waals surface area contributed by atoms with Crippen LogP contribution >= 0.6 is 11.6 Å². The van der Waals surface area contributed by atoms with E-state index >= 15 is 0 Å². The average molecular weight is 448 g/mol. The zero-order valence-corrected chi connectivity index (χ0v) is 18.0.